The van der Waals surface area contributed by atoms with Gasteiger partial charge in [0.25, 0.3) is 0 Å². The molecule has 1 aromatic heterocycles. The van der Waals surface area contributed by atoms with E-state index in [1.165, 1.54) is 0 Å². The number of aromatic nitrogens is 3. The third-order valence-corrected chi connectivity index (χ3v) is 3.30. The van der Waals surface area contributed by atoms with E-state index in [1.807, 2.05) is 0 Å². The second-order valence-electron chi connectivity index (χ2n) is 4.74. The van der Waals surface area contributed by atoms with Crippen molar-refractivity contribution in [2.24, 2.45) is 5.92 Å². The van der Waals surface area contributed by atoms with Crippen LogP contribution in [0.4, 0.5) is 4.39 Å². The summed E-state index contributed by atoms with van der Waals surface area (Å²) in [7, 11) is 0. The molecule has 2 rings (SSSR count). The van der Waals surface area contributed by atoms with Crippen LogP contribution in [0.3, 0.4) is 0 Å². The minimum atomic E-state index is -1.17. The quantitative estimate of drug-likeness (QED) is 0.733. The van der Waals surface area contributed by atoms with Crippen LogP contribution in [-0.2, 0) is 16.9 Å². The molecule has 18 heavy (non-hydrogen) atoms. The molecule has 1 heterocycles. The zero-order valence-electron chi connectivity index (χ0n) is 9.92. The lowest BCUT2D eigenvalue weighted by Crippen LogP contribution is -2.44. The molecular weight excluding hydrogens is 241 g/mol. The summed E-state index contributed by atoms with van der Waals surface area (Å²) in [5.74, 6) is -1.40. The first-order chi connectivity index (χ1) is 8.55. The van der Waals surface area contributed by atoms with Crippen molar-refractivity contribution in [3.05, 3.63) is 11.9 Å². The van der Waals surface area contributed by atoms with Crippen molar-refractivity contribution in [2.75, 3.05) is 6.67 Å². The summed E-state index contributed by atoms with van der Waals surface area (Å²) in [6.45, 7) is 0.196. The van der Waals surface area contributed by atoms with E-state index in [0.717, 1.165) is 0 Å². The molecule has 6 nitrogen and oxygen atoms in total. The number of hydrogen-bond donors (Lipinski definition) is 2. The van der Waals surface area contributed by atoms with Gasteiger partial charge in [-0.3, -0.25) is 13.9 Å². The average molecular weight is 257 g/mol. The predicted molar refractivity (Wildman–Crippen MR) is 59.5 cm³/mol. The largest absolute Gasteiger partial charge is 0.481 e. The number of rotatable bonds is 6. The smallest absolute Gasteiger partial charge is 0.306 e. The first-order valence-corrected chi connectivity index (χ1v) is 5.97. The molecule has 1 fully saturated rings. The molecular formula is C11H16FN3O3. The highest BCUT2D eigenvalue weighted by atomic mass is 19.1. The lowest BCUT2D eigenvalue weighted by Gasteiger charge is -2.39. The molecule has 0 atom stereocenters. The second-order valence-corrected chi connectivity index (χ2v) is 4.74. The van der Waals surface area contributed by atoms with Crippen molar-refractivity contribution in [2.45, 2.75) is 37.8 Å². The van der Waals surface area contributed by atoms with Crippen LogP contribution in [-0.4, -0.2) is 37.9 Å². The van der Waals surface area contributed by atoms with Crippen molar-refractivity contribution in [1.29, 1.82) is 0 Å². The van der Waals surface area contributed by atoms with Crippen LogP contribution in [0, 0.1) is 5.92 Å². The summed E-state index contributed by atoms with van der Waals surface area (Å²) < 4.78 is 13.5. The zero-order valence-corrected chi connectivity index (χ0v) is 9.92. The minimum Gasteiger partial charge on any atom is -0.481 e. The number of halogens is 1. The Kier molecular flexibility index (Phi) is 3.60. The summed E-state index contributed by atoms with van der Waals surface area (Å²) in [5.41, 5.74) is -0.762. The van der Waals surface area contributed by atoms with Crippen LogP contribution < -0.4 is 0 Å². The van der Waals surface area contributed by atoms with E-state index in [9.17, 15) is 14.3 Å². The van der Waals surface area contributed by atoms with Gasteiger partial charge in [0.2, 0.25) is 0 Å². The van der Waals surface area contributed by atoms with Gasteiger partial charge in [0, 0.05) is 6.54 Å². The highest BCUT2D eigenvalue weighted by Gasteiger charge is 2.49. The monoisotopic (exact) mass is 257 g/mol. The number of nitrogens with zero attached hydrogens (tertiary/aromatic N) is 3. The second kappa shape index (κ2) is 5.01. The molecule has 0 unspecified atom stereocenters. The number of aryl methyl sites for hydroxylation is 1. The topological polar surface area (TPSA) is 88.2 Å². The van der Waals surface area contributed by atoms with Gasteiger partial charge in [-0.2, -0.15) is 0 Å². The van der Waals surface area contributed by atoms with Gasteiger partial charge in [0.1, 0.15) is 11.3 Å². The van der Waals surface area contributed by atoms with E-state index >= 15 is 0 Å². The van der Waals surface area contributed by atoms with Gasteiger partial charge >= 0.3 is 5.97 Å². The van der Waals surface area contributed by atoms with Crippen molar-refractivity contribution in [3.63, 3.8) is 0 Å². The van der Waals surface area contributed by atoms with Crippen LogP contribution in [0.25, 0.3) is 0 Å². The summed E-state index contributed by atoms with van der Waals surface area (Å²) >= 11 is 0. The van der Waals surface area contributed by atoms with E-state index in [-0.39, 0.29) is 19.5 Å². The fraction of sp³-hybridized carbons (Fsp3) is 0.727. The lowest BCUT2D eigenvalue weighted by molar-refractivity contribution is -0.160. The van der Waals surface area contributed by atoms with E-state index in [4.69, 9.17) is 5.11 Å². The van der Waals surface area contributed by atoms with Gasteiger partial charge in [-0.15, -0.1) is 5.10 Å². The van der Waals surface area contributed by atoms with Crippen LogP contribution in [0.1, 0.15) is 31.4 Å². The fourth-order valence-corrected chi connectivity index (χ4v) is 2.13. The molecule has 1 saturated carbocycles. The van der Waals surface area contributed by atoms with Gasteiger partial charge in [0.15, 0.2) is 0 Å². The molecule has 0 radical (unpaired) electrons. The molecule has 2 N–H and O–H groups in total. The third-order valence-electron chi connectivity index (χ3n) is 3.30. The number of hydrogen-bond acceptors (Lipinski definition) is 4. The number of aliphatic hydroxyl groups is 1. The number of alkyl halides is 1. The molecule has 0 saturated heterocycles. The molecule has 0 spiro atoms. The normalized spacial score (nSPS) is 26.9. The first-order valence-electron chi connectivity index (χ1n) is 5.97. The maximum absolute atomic E-state index is 11.9. The molecule has 1 aliphatic rings. The molecule has 100 valence electrons. The highest BCUT2D eigenvalue weighted by molar-refractivity contribution is 5.71. The molecule has 7 heteroatoms. The summed E-state index contributed by atoms with van der Waals surface area (Å²) in [4.78, 5) is 10.7. The number of carboxylic acid groups (broad SMARTS) is 1. The number of aliphatic carboxylic acids is 1. The first kappa shape index (κ1) is 12.9. The lowest BCUT2D eigenvalue weighted by atomic mass is 9.69. The molecule has 0 aliphatic heterocycles. The van der Waals surface area contributed by atoms with Gasteiger partial charge in [-0.1, -0.05) is 5.21 Å². The van der Waals surface area contributed by atoms with Crippen molar-refractivity contribution in [1.82, 2.24) is 15.0 Å². The Bertz CT molecular complexity index is 429. The third kappa shape index (κ3) is 2.50. The van der Waals surface area contributed by atoms with Gasteiger partial charge in [-0.05, 0) is 25.7 Å². The average Bonchev–Trinajstić information content (AvgIpc) is 2.74. The van der Waals surface area contributed by atoms with Gasteiger partial charge < -0.3 is 10.2 Å². The Morgan fingerprint density at radius 2 is 2.28 bits per heavy atom. The van der Waals surface area contributed by atoms with Crippen LogP contribution in [0.2, 0.25) is 0 Å². The van der Waals surface area contributed by atoms with E-state index in [0.29, 0.717) is 25.1 Å². The molecule has 0 aromatic carbocycles. The van der Waals surface area contributed by atoms with Crippen LogP contribution in [0.5, 0.6) is 0 Å². The van der Waals surface area contributed by atoms with Crippen LogP contribution >= 0.6 is 0 Å². The molecule has 0 bridgehead atoms. The van der Waals surface area contributed by atoms with Crippen LogP contribution in [0.15, 0.2) is 6.20 Å². The number of unbranched alkanes of at least 4 members (excludes halogenated alkanes) is 1. The standard InChI is InChI=1S/C11H16FN3O3/c12-3-1-2-4-15-7-9(13-14-15)11(18)5-8(6-11)10(16)17/h7-8,18H,1-6H2,(H,16,17). The summed E-state index contributed by atoms with van der Waals surface area (Å²) in [6.07, 6.45) is 3.09. The fourth-order valence-electron chi connectivity index (χ4n) is 2.13. The highest BCUT2D eigenvalue weighted by Crippen LogP contribution is 2.44. The van der Waals surface area contributed by atoms with Gasteiger partial charge in [-0.25, -0.2) is 0 Å². The Hall–Kier alpha value is -1.50. The maximum Gasteiger partial charge on any atom is 0.306 e. The van der Waals surface area contributed by atoms with Crippen molar-refractivity contribution in [3.8, 4) is 0 Å². The van der Waals surface area contributed by atoms with E-state index in [1.54, 1.807) is 10.9 Å². The zero-order chi connectivity index (χ0) is 13.2. The number of carboxylic acids is 1. The Labute approximate surface area is 103 Å². The SMILES string of the molecule is O=C(O)C1CC(O)(c2cn(CCCCF)nn2)C1. The summed E-state index contributed by atoms with van der Waals surface area (Å²) in [5, 5.41) is 26.6. The molecule has 0 amide bonds. The Morgan fingerprint density at radius 3 is 2.89 bits per heavy atom. The molecule has 1 aliphatic carbocycles. The number of carbonyl (C=O) groups is 1. The maximum atomic E-state index is 11.9. The Balaban J connectivity index is 1.92. The molecule has 1 aromatic rings. The van der Waals surface area contributed by atoms with Gasteiger partial charge in [0.05, 0.1) is 18.8 Å². The van der Waals surface area contributed by atoms with Crippen molar-refractivity contribution >= 4 is 5.97 Å². The van der Waals surface area contributed by atoms with E-state index in [2.05, 4.69) is 10.3 Å². The Morgan fingerprint density at radius 1 is 1.56 bits per heavy atom. The minimum absolute atomic E-state index is 0.172. The summed E-state index contributed by atoms with van der Waals surface area (Å²) in [6, 6.07) is 0. The predicted octanol–water partition coefficient (Wildman–Crippen LogP) is 0.710. The van der Waals surface area contributed by atoms with Crippen molar-refractivity contribution < 1.29 is 19.4 Å². The van der Waals surface area contributed by atoms with E-state index < -0.39 is 17.5 Å².